The van der Waals surface area contributed by atoms with Gasteiger partial charge in [0.2, 0.25) is 11.7 Å². The summed E-state index contributed by atoms with van der Waals surface area (Å²) in [7, 11) is 2.07. The van der Waals surface area contributed by atoms with Crippen LogP contribution in [0.25, 0.3) is 0 Å². The number of hydrogen-bond acceptors (Lipinski definition) is 7. The number of ketones is 1. The SMILES string of the molecule is C=C(C(=O)/C=C\N1CC(=O)N2CCOCC2N1)N1CCN(C)CC1. The number of carbonyl (C=O) groups is 2. The van der Waals surface area contributed by atoms with E-state index < -0.39 is 0 Å². The van der Waals surface area contributed by atoms with Gasteiger partial charge >= 0.3 is 0 Å². The lowest BCUT2D eigenvalue weighted by atomic mass is 10.2. The van der Waals surface area contributed by atoms with E-state index in [1.165, 1.54) is 6.08 Å². The van der Waals surface area contributed by atoms with Crippen molar-refractivity contribution >= 4 is 11.7 Å². The Labute approximate surface area is 142 Å². The van der Waals surface area contributed by atoms with E-state index in [-0.39, 0.29) is 24.4 Å². The number of carbonyl (C=O) groups excluding carboxylic acids is 2. The van der Waals surface area contributed by atoms with Gasteiger partial charge < -0.3 is 24.4 Å². The molecule has 1 unspecified atom stereocenters. The van der Waals surface area contributed by atoms with Gasteiger partial charge in [-0.3, -0.25) is 9.59 Å². The summed E-state index contributed by atoms with van der Waals surface area (Å²) >= 11 is 0. The van der Waals surface area contributed by atoms with E-state index in [2.05, 4.69) is 24.0 Å². The molecular weight excluding hydrogens is 310 g/mol. The molecule has 3 aliphatic heterocycles. The van der Waals surface area contributed by atoms with Gasteiger partial charge in [0, 0.05) is 45.0 Å². The summed E-state index contributed by atoms with van der Waals surface area (Å²) in [5, 5.41) is 1.65. The molecule has 1 amide bonds. The number of ether oxygens (including phenoxy) is 1. The maximum absolute atomic E-state index is 12.3. The van der Waals surface area contributed by atoms with Crippen LogP contribution in [0.5, 0.6) is 0 Å². The van der Waals surface area contributed by atoms with Crippen LogP contribution in [0.4, 0.5) is 0 Å². The van der Waals surface area contributed by atoms with Crippen LogP contribution in [-0.4, -0.2) is 97.1 Å². The Hall–Kier alpha value is -1.90. The average Bonchev–Trinajstić information content (AvgIpc) is 2.60. The van der Waals surface area contributed by atoms with Crippen molar-refractivity contribution in [2.45, 2.75) is 6.17 Å². The number of morpholine rings is 1. The van der Waals surface area contributed by atoms with E-state index in [1.807, 2.05) is 4.90 Å². The number of nitrogens with one attached hydrogen (secondary N) is 1. The topological polar surface area (TPSA) is 68.4 Å². The summed E-state index contributed by atoms with van der Waals surface area (Å²) in [6.45, 7) is 9.23. The minimum absolute atomic E-state index is 0.0389. The first-order valence-electron chi connectivity index (χ1n) is 8.29. The largest absolute Gasteiger partial charge is 0.376 e. The molecule has 132 valence electrons. The molecule has 0 saturated carbocycles. The molecule has 0 spiro atoms. The summed E-state index contributed by atoms with van der Waals surface area (Å²) < 4.78 is 5.39. The maximum Gasteiger partial charge on any atom is 0.245 e. The minimum atomic E-state index is -0.166. The third kappa shape index (κ3) is 3.77. The van der Waals surface area contributed by atoms with Gasteiger partial charge in [0.15, 0.2) is 0 Å². The zero-order valence-electron chi connectivity index (χ0n) is 14.1. The van der Waals surface area contributed by atoms with Gasteiger partial charge in [-0.1, -0.05) is 6.58 Å². The zero-order chi connectivity index (χ0) is 17.1. The van der Waals surface area contributed by atoms with Gasteiger partial charge in [0.25, 0.3) is 0 Å². The van der Waals surface area contributed by atoms with Gasteiger partial charge in [0.05, 0.1) is 18.9 Å². The van der Waals surface area contributed by atoms with Crippen molar-refractivity contribution in [2.75, 3.05) is 59.5 Å². The number of amides is 1. The number of piperazine rings is 1. The van der Waals surface area contributed by atoms with Crippen LogP contribution >= 0.6 is 0 Å². The van der Waals surface area contributed by atoms with Crippen LogP contribution in [0.3, 0.4) is 0 Å². The third-order valence-electron chi connectivity index (χ3n) is 4.64. The summed E-state index contributed by atoms with van der Waals surface area (Å²) in [6, 6.07) is 0. The molecule has 0 aliphatic carbocycles. The maximum atomic E-state index is 12.3. The Morgan fingerprint density at radius 2 is 2.04 bits per heavy atom. The second-order valence-electron chi connectivity index (χ2n) is 6.35. The number of nitrogens with zero attached hydrogens (tertiary/aromatic N) is 4. The van der Waals surface area contributed by atoms with Crippen molar-refractivity contribution in [2.24, 2.45) is 0 Å². The van der Waals surface area contributed by atoms with E-state index in [0.717, 1.165) is 26.2 Å². The number of likely N-dealkylation sites (N-methyl/N-ethyl adjacent to an activating group) is 1. The number of hydrazine groups is 1. The highest BCUT2D eigenvalue weighted by Gasteiger charge is 2.33. The van der Waals surface area contributed by atoms with Crippen LogP contribution < -0.4 is 5.43 Å². The molecule has 0 aromatic rings. The van der Waals surface area contributed by atoms with Crippen molar-refractivity contribution in [3.63, 3.8) is 0 Å². The zero-order valence-corrected chi connectivity index (χ0v) is 14.1. The van der Waals surface area contributed by atoms with Gasteiger partial charge in [-0.15, -0.1) is 0 Å². The highest BCUT2D eigenvalue weighted by molar-refractivity contribution is 6.02. The number of rotatable bonds is 4. The fourth-order valence-electron chi connectivity index (χ4n) is 3.06. The highest BCUT2D eigenvalue weighted by atomic mass is 16.5. The van der Waals surface area contributed by atoms with Crippen LogP contribution in [0.2, 0.25) is 0 Å². The Bertz CT molecular complexity index is 542. The van der Waals surface area contributed by atoms with Gasteiger partial charge in [-0.25, -0.2) is 5.43 Å². The molecule has 0 radical (unpaired) electrons. The van der Waals surface area contributed by atoms with Crippen molar-refractivity contribution in [3.8, 4) is 0 Å². The first-order chi connectivity index (χ1) is 11.5. The molecule has 8 nitrogen and oxygen atoms in total. The number of hydrogen-bond donors (Lipinski definition) is 1. The molecule has 3 fully saturated rings. The summed E-state index contributed by atoms with van der Waals surface area (Å²) in [5.41, 5.74) is 3.69. The molecule has 0 aromatic carbocycles. The van der Waals surface area contributed by atoms with Crippen LogP contribution in [0.15, 0.2) is 24.6 Å². The summed E-state index contributed by atoms with van der Waals surface area (Å²) in [4.78, 5) is 30.5. The summed E-state index contributed by atoms with van der Waals surface area (Å²) in [5.74, 6) is -0.0897. The third-order valence-corrected chi connectivity index (χ3v) is 4.64. The lowest BCUT2D eigenvalue weighted by Crippen LogP contribution is -2.65. The molecule has 0 bridgehead atoms. The fraction of sp³-hybridized carbons (Fsp3) is 0.625. The second kappa shape index (κ2) is 7.33. The fourth-order valence-corrected chi connectivity index (χ4v) is 3.06. The van der Waals surface area contributed by atoms with Crippen molar-refractivity contribution in [3.05, 3.63) is 24.6 Å². The molecule has 3 heterocycles. The average molecular weight is 335 g/mol. The Balaban J connectivity index is 1.54. The molecule has 1 N–H and O–H groups in total. The lowest BCUT2D eigenvalue weighted by molar-refractivity contribution is -0.153. The summed E-state index contributed by atoms with van der Waals surface area (Å²) in [6.07, 6.45) is 2.92. The van der Waals surface area contributed by atoms with E-state index >= 15 is 0 Å². The Morgan fingerprint density at radius 1 is 1.29 bits per heavy atom. The van der Waals surface area contributed by atoms with Gasteiger partial charge in [-0.2, -0.15) is 0 Å². The standard InChI is InChI=1S/C16H25N5O3/c1-13(19-7-5-18(2)6-8-19)14(22)3-4-20-11-16(23)21-9-10-24-12-15(21)17-20/h3-4,15,17H,1,5-12H2,2H3/b4-3-. The van der Waals surface area contributed by atoms with Crippen molar-refractivity contribution in [1.29, 1.82) is 0 Å². The van der Waals surface area contributed by atoms with Crippen molar-refractivity contribution in [1.82, 2.24) is 25.1 Å². The molecule has 3 rings (SSSR count). The predicted octanol–water partition coefficient (Wildman–Crippen LogP) is -1.16. The Kier molecular flexibility index (Phi) is 5.17. The molecule has 24 heavy (non-hydrogen) atoms. The highest BCUT2D eigenvalue weighted by Crippen LogP contribution is 2.12. The molecule has 0 aromatic heterocycles. The lowest BCUT2D eigenvalue weighted by Gasteiger charge is -2.43. The first kappa shape index (κ1) is 16.9. The monoisotopic (exact) mass is 335 g/mol. The van der Waals surface area contributed by atoms with Crippen LogP contribution in [0.1, 0.15) is 0 Å². The molecule has 8 heteroatoms. The predicted molar refractivity (Wildman–Crippen MR) is 88.5 cm³/mol. The molecular formula is C16H25N5O3. The second-order valence-corrected chi connectivity index (χ2v) is 6.35. The van der Waals surface area contributed by atoms with E-state index in [0.29, 0.717) is 25.5 Å². The molecule has 3 saturated heterocycles. The minimum Gasteiger partial charge on any atom is -0.376 e. The molecule has 1 atom stereocenters. The van der Waals surface area contributed by atoms with Gasteiger partial charge in [-0.05, 0) is 7.05 Å². The number of fused-ring (bicyclic) bond motifs is 1. The van der Waals surface area contributed by atoms with E-state index in [9.17, 15) is 9.59 Å². The molecule has 3 aliphatic rings. The van der Waals surface area contributed by atoms with Crippen molar-refractivity contribution < 1.29 is 14.3 Å². The normalized spacial score (nSPS) is 26.0. The first-order valence-corrected chi connectivity index (χ1v) is 8.29. The van der Waals surface area contributed by atoms with E-state index in [1.54, 1.807) is 16.1 Å². The van der Waals surface area contributed by atoms with Gasteiger partial charge in [0.1, 0.15) is 12.7 Å². The number of allylic oxidation sites excluding steroid dienone is 1. The smallest absolute Gasteiger partial charge is 0.245 e. The van der Waals surface area contributed by atoms with Crippen LogP contribution in [0, 0.1) is 0 Å². The Morgan fingerprint density at radius 3 is 2.79 bits per heavy atom. The quantitative estimate of drug-likeness (QED) is 0.650. The van der Waals surface area contributed by atoms with E-state index in [4.69, 9.17) is 4.74 Å². The van der Waals surface area contributed by atoms with Crippen LogP contribution in [-0.2, 0) is 14.3 Å².